The third-order valence-electron chi connectivity index (χ3n) is 4.06. The Bertz CT molecular complexity index is 666. The van der Waals surface area contributed by atoms with Gasteiger partial charge < -0.3 is 5.11 Å². The van der Waals surface area contributed by atoms with Crippen LogP contribution < -0.4 is 0 Å². The number of hydrogen-bond acceptors (Lipinski definition) is 3. The number of aliphatic imine (C=N–C) groups is 1. The highest BCUT2D eigenvalue weighted by molar-refractivity contribution is 5.89. The van der Waals surface area contributed by atoms with E-state index in [0.717, 1.165) is 42.0 Å². The maximum atomic E-state index is 10.8. The molecule has 1 fully saturated rings. The van der Waals surface area contributed by atoms with E-state index in [1.165, 1.54) is 0 Å². The standard InChI is InChI=1S/C16H15NO2/c18-11-17-16(9-3-4-10-16)15-13-6-2-1-5-12(13)7-8-14(15)19/h1-2,5-8,19H,3-4,9-10H2. The number of nitrogens with zero attached hydrogens (tertiary/aromatic N) is 1. The molecule has 3 rings (SSSR count). The molecule has 1 aliphatic carbocycles. The zero-order valence-electron chi connectivity index (χ0n) is 10.6. The number of isocyanates is 1. The first-order valence-corrected chi connectivity index (χ1v) is 6.57. The maximum Gasteiger partial charge on any atom is 0.235 e. The van der Waals surface area contributed by atoms with E-state index in [4.69, 9.17) is 0 Å². The number of benzene rings is 2. The van der Waals surface area contributed by atoms with Crippen molar-refractivity contribution in [3.8, 4) is 5.75 Å². The predicted molar refractivity (Wildman–Crippen MR) is 73.9 cm³/mol. The fourth-order valence-corrected chi connectivity index (χ4v) is 3.21. The number of phenolic OH excluding ortho intramolecular Hbond substituents is 1. The highest BCUT2D eigenvalue weighted by Gasteiger charge is 2.38. The molecule has 1 N–H and O–H groups in total. The van der Waals surface area contributed by atoms with Gasteiger partial charge in [0.2, 0.25) is 6.08 Å². The zero-order valence-corrected chi connectivity index (χ0v) is 10.6. The number of aromatic hydroxyl groups is 1. The van der Waals surface area contributed by atoms with E-state index >= 15 is 0 Å². The molecule has 3 heteroatoms. The van der Waals surface area contributed by atoms with Gasteiger partial charge in [0, 0.05) is 5.56 Å². The van der Waals surface area contributed by atoms with E-state index in [-0.39, 0.29) is 5.75 Å². The molecule has 1 aliphatic rings. The number of hydrogen-bond donors (Lipinski definition) is 1. The summed E-state index contributed by atoms with van der Waals surface area (Å²) in [5.74, 6) is 0.222. The van der Waals surface area contributed by atoms with Crippen molar-refractivity contribution < 1.29 is 9.90 Å². The first-order chi connectivity index (χ1) is 9.27. The van der Waals surface area contributed by atoms with Gasteiger partial charge in [0.1, 0.15) is 11.3 Å². The van der Waals surface area contributed by atoms with Gasteiger partial charge in [0.15, 0.2) is 0 Å². The van der Waals surface area contributed by atoms with Crippen LogP contribution in [0.5, 0.6) is 5.75 Å². The van der Waals surface area contributed by atoms with Crippen LogP contribution in [0, 0.1) is 0 Å². The minimum absolute atomic E-state index is 0.222. The summed E-state index contributed by atoms with van der Waals surface area (Å²) in [6.07, 6.45) is 5.34. The van der Waals surface area contributed by atoms with Crippen molar-refractivity contribution in [1.82, 2.24) is 0 Å². The van der Waals surface area contributed by atoms with Crippen molar-refractivity contribution in [3.63, 3.8) is 0 Å². The summed E-state index contributed by atoms with van der Waals surface area (Å²) in [7, 11) is 0. The molecule has 0 radical (unpaired) electrons. The number of fused-ring (bicyclic) bond motifs is 1. The molecule has 19 heavy (non-hydrogen) atoms. The zero-order chi connectivity index (χ0) is 13.3. The van der Waals surface area contributed by atoms with Gasteiger partial charge in [-0.15, -0.1) is 0 Å². The second kappa shape index (κ2) is 4.52. The van der Waals surface area contributed by atoms with Gasteiger partial charge in [0.25, 0.3) is 0 Å². The van der Waals surface area contributed by atoms with Crippen LogP contribution in [0.2, 0.25) is 0 Å². The van der Waals surface area contributed by atoms with Gasteiger partial charge in [-0.05, 0) is 29.7 Å². The van der Waals surface area contributed by atoms with E-state index in [9.17, 15) is 9.90 Å². The number of carbonyl (C=O) groups excluding carboxylic acids is 1. The van der Waals surface area contributed by atoms with Crippen LogP contribution in [0.4, 0.5) is 0 Å². The third-order valence-corrected chi connectivity index (χ3v) is 4.06. The highest BCUT2D eigenvalue weighted by Crippen LogP contribution is 2.48. The Morgan fingerprint density at radius 1 is 1.11 bits per heavy atom. The molecule has 1 saturated carbocycles. The molecule has 2 aromatic rings. The summed E-state index contributed by atoms with van der Waals surface area (Å²) >= 11 is 0. The Labute approximate surface area is 111 Å². The van der Waals surface area contributed by atoms with Gasteiger partial charge in [-0.3, -0.25) is 0 Å². The van der Waals surface area contributed by atoms with Crippen molar-refractivity contribution in [3.05, 3.63) is 42.0 Å². The molecule has 0 saturated heterocycles. The molecule has 3 nitrogen and oxygen atoms in total. The molecule has 0 unspecified atom stereocenters. The van der Waals surface area contributed by atoms with E-state index < -0.39 is 5.54 Å². The first kappa shape index (κ1) is 11.9. The average Bonchev–Trinajstić information content (AvgIpc) is 2.88. The summed E-state index contributed by atoms with van der Waals surface area (Å²) in [6, 6.07) is 11.5. The topological polar surface area (TPSA) is 49.7 Å². The summed E-state index contributed by atoms with van der Waals surface area (Å²) in [4.78, 5) is 14.9. The molecular weight excluding hydrogens is 238 g/mol. The number of rotatable bonds is 2. The summed E-state index contributed by atoms with van der Waals surface area (Å²) in [5, 5.41) is 12.3. The summed E-state index contributed by atoms with van der Waals surface area (Å²) in [6.45, 7) is 0. The van der Waals surface area contributed by atoms with Crippen molar-refractivity contribution >= 4 is 16.9 Å². The van der Waals surface area contributed by atoms with Gasteiger partial charge in [-0.2, -0.15) is 4.99 Å². The minimum atomic E-state index is -0.591. The average molecular weight is 253 g/mol. The van der Waals surface area contributed by atoms with Crippen molar-refractivity contribution in [2.45, 2.75) is 31.2 Å². The lowest BCUT2D eigenvalue weighted by atomic mass is 9.84. The molecule has 96 valence electrons. The molecule has 0 heterocycles. The Hall–Kier alpha value is -2.12. The Balaban J connectivity index is 2.34. The Morgan fingerprint density at radius 3 is 2.58 bits per heavy atom. The lowest BCUT2D eigenvalue weighted by molar-refractivity contribution is 0.412. The van der Waals surface area contributed by atoms with E-state index in [0.29, 0.717) is 0 Å². The maximum absolute atomic E-state index is 10.8. The lowest BCUT2D eigenvalue weighted by Gasteiger charge is -2.25. The van der Waals surface area contributed by atoms with Crippen LogP contribution in [0.1, 0.15) is 31.2 Å². The molecule has 0 bridgehead atoms. The van der Waals surface area contributed by atoms with Crippen LogP contribution in [0.15, 0.2) is 41.4 Å². The second-order valence-electron chi connectivity index (χ2n) is 5.12. The SMILES string of the molecule is O=C=NC1(c2c(O)ccc3ccccc23)CCCC1. The fourth-order valence-electron chi connectivity index (χ4n) is 3.21. The van der Waals surface area contributed by atoms with Crippen LogP contribution in [-0.4, -0.2) is 11.2 Å². The predicted octanol–water partition coefficient (Wildman–Crippen LogP) is 3.65. The van der Waals surface area contributed by atoms with E-state index in [2.05, 4.69) is 4.99 Å². The Kier molecular flexibility index (Phi) is 2.84. The van der Waals surface area contributed by atoms with Crippen LogP contribution in [0.25, 0.3) is 10.8 Å². The second-order valence-corrected chi connectivity index (χ2v) is 5.12. The molecule has 0 spiro atoms. The molecule has 0 aromatic heterocycles. The fraction of sp³-hybridized carbons (Fsp3) is 0.312. The normalized spacial score (nSPS) is 17.3. The van der Waals surface area contributed by atoms with Gasteiger partial charge >= 0.3 is 0 Å². The molecule has 0 amide bonds. The molecule has 0 aliphatic heterocycles. The molecule has 0 atom stereocenters. The minimum Gasteiger partial charge on any atom is -0.508 e. The molecule has 2 aromatic carbocycles. The lowest BCUT2D eigenvalue weighted by Crippen LogP contribution is -2.19. The van der Waals surface area contributed by atoms with Crippen molar-refractivity contribution in [2.75, 3.05) is 0 Å². The van der Waals surface area contributed by atoms with Gasteiger partial charge in [0.05, 0.1) is 0 Å². The van der Waals surface area contributed by atoms with Crippen molar-refractivity contribution in [2.24, 2.45) is 4.99 Å². The highest BCUT2D eigenvalue weighted by atomic mass is 16.3. The smallest absolute Gasteiger partial charge is 0.235 e. The van der Waals surface area contributed by atoms with E-state index in [1.807, 2.05) is 30.3 Å². The van der Waals surface area contributed by atoms with Crippen LogP contribution >= 0.6 is 0 Å². The summed E-state index contributed by atoms with van der Waals surface area (Å²) in [5.41, 5.74) is 0.193. The van der Waals surface area contributed by atoms with Crippen LogP contribution in [0.3, 0.4) is 0 Å². The number of phenols is 1. The molecular formula is C16H15NO2. The Morgan fingerprint density at radius 2 is 1.84 bits per heavy atom. The first-order valence-electron chi connectivity index (χ1n) is 6.57. The van der Waals surface area contributed by atoms with Crippen molar-refractivity contribution in [1.29, 1.82) is 0 Å². The van der Waals surface area contributed by atoms with E-state index in [1.54, 1.807) is 12.1 Å². The summed E-state index contributed by atoms with van der Waals surface area (Å²) < 4.78 is 0. The van der Waals surface area contributed by atoms with Gasteiger partial charge in [-0.1, -0.05) is 43.2 Å². The van der Waals surface area contributed by atoms with Gasteiger partial charge in [-0.25, -0.2) is 4.79 Å². The third kappa shape index (κ3) is 1.83. The quantitative estimate of drug-likeness (QED) is 0.656. The monoisotopic (exact) mass is 253 g/mol. The largest absolute Gasteiger partial charge is 0.508 e. The van der Waals surface area contributed by atoms with Crippen LogP contribution in [-0.2, 0) is 10.3 Å².